The molecule has 18 heavy (non-hydrogen) atoms. The van der Waals surface area contributed by atoms with E-state index in [4.69, 9.17) is 0 Å². The summed E-state index contributed by atoms with van der Waals surface area (Å²) < 4.78 is 0. The third kappa shape index (κ3) is 3.32. The van der Waals surface area contributed by atoms with Gasteiger partial charge < -0.3 is 0 Å². The maximum Gasteiger partial charge on any atom is 0.0707 e. The molecule has 1 heterocycles. The van der Waals surface area contributed by atoms with E-state index >= 15 is 0 Å². The van der Waals surface area contributed by atoms with Gasteiger partial charge >= 0.3 is 0 Å². The van der Waals surface area contributed by atoms with E-state index < -0.39 is 0 Å². The van der Waals surface area contributed by atoms with E-state index in [0.717, 1.165) is 11.2 Å². The molecule has 0 saturated heterocycles. The fourth-order valence-electron chi connectivity index (χ4n) is 2.52. The van der Waals surface area contributed by atoms with Gasteiger partial charge in [-0.2, -0.15) is 0 Å². The van der Waals surface area contributed by atoms with E-state index in [2.05, 4.69) is 49.2 Å². The summed E-state index contributed by atoms with van der Waals surface area (Å²) in [5.41, 5.74) is 3.74. The maximum atomic E-state index is 4.59. The van der Waals surface area contributed by atoms with Crippen molar-refractivity contribution >= 4 is 10.9 Å². The SMILES string of the molecule is CCCCCCCc1cc(C)nc2ccccc12. The highest BCUT2D eigenvalue weighted by Crippen LogP contribution is 2.20. The van der Waals surface area contributed by atoms with E-state index in [9.17, 15) is 0 Å². The predicted octanol–water partition coefficient (Wildman–Crippen LogP) is 5.06. The molecule has 0 spiro atoms. The lowest BCUT2D eigenvalue weighted by atomic mass is 10.0. The Balaban J connectivity index is 2.07. The van der Waals surface area contributed by atoms with Crippen LogP contribution < -0.4 is 0 Å². The quantitative estimate of drug-likeness (QED) is 0.644. The molecule has 1 heteroatoms. The number of para-hydroxylation sites is 1. The topological polar surface area (TPSA) is 12.9 Å². The molecule has 0 N–H and O–H groups in total. The molecule has 1 aromatic heterocycles. The average molecular weight is 241 g/mol. The second-order valence-electron chi connectivity index (χ2n) is 5.10. The Morgan fingerprint density at radius 2 is 1.78 bits per heavy atom. The largest absolute Gasteiger partial charge is 0.253 e. The molecule has 0 aliphatic rings. The smallest absolute Gasteiger partial charge is 0.0707 e. The first-order valence-corrected chi connectivity index (χ1v) is 7.16. The van der Waals surface area contributed by atoms with Crippen molar-refractivity contribution in [2.24, 2.45) is 0 Å². The van der Waals surface area contributed by atoms with Gasteiger partial charge in [0.15, 0.2) is 0 Å². The van der Waals surface area contributed by atoms with Gasteiger partial charge in [0.1, 0.15) is 0 Å². The third-order valence-electron chi connectivity index (χ3n) is 3.48. The second kappa shape index (κ2) is 6.53. The standard InChI is InChI=1S/C17H23N/c1-3-4-5-6-7-10-15-13-14(2)18-17-12-9-8-11-16(15)17/h8-9,11-13H,3-7,10H2,1-2H3. The molecule has 0 unspecified atom stereocenters. The van der Waals surface area contributed by atoms with Crippen molar-refractivity contribution in [1.29, 1.82) is 0 Å². The second-order valence-corrected chi connectivity index (χ2v) is 5.10. The van der Waals surface area contributed by atoms with Crippen LogP contribution in [0.25, 0.3) is 10.9 Å². The summed E-state index contributed by atoms with van der Waals surface area (Å²) in [6, 6.07) is 10.7. The first kappa shape index (κ1) is 13.1. The zero-order valence-corrected chi connectivity index (χ0v) is 11.6. The molecule has 0 bridgehead atoms. The highest BCUT2D eigenvalue weighted by atomic mass is 14.7. The van der Waals surface area contributed by atoms with Gasteiger partial charge in [-0.25, -0.2) is 0 Å². The summed E-state index contributed by atoms with van der Waals surface area (Å²) in [5.74, 6) is 0. The molecule has 0 aliphatic heterocycles. The van der Waals surface area contributed by atoms with Crippen LogP contribution in [0.4, 0.5) is 0 Å². The van der Waals surface area contributed by atoms with Crippen molar-refractivity contribution in [2.75, 3.05) is 0 Å². The minimum absolute atomic E-state index is 1.14. The molecule has 0 atom stereocenters. The average Bonchev–Trinajstić information content (AvgIpc) is 2.38. The Hall–Kier alpha value is -1.37. The van der Waals surface area contributed by atoms with Crippen molar-refractivity contribution in [3.8, 4) is 0 Å². The number of pyridine rings is 1. The van der Waals surface area contributed by atoms with Crippen molar-refractivity contribution in [3.63, 3.8) is 0 Å². The molecule has 0 amide bonds. The summed E-state index contributed by atoms with van der Waals surface area (Å²) in [4.78, 5) is 4.59. The molecule has 0 aliphatic carbocycles. The fourth-order valence-corrected chi connectivity index (χ4v) is 2.52. The lowest BCUT2D eigenvalue weighted by Crippen LogP contribution is -1.92. The minimum Gasteiger partial charge on any atom is -0.253 e. The first-order valence-electron chi connectivity index (χ1n) is 7.16. The number of benzene rings is 1. The van der Waals surface area contributed by atoms with Crippen LogP contribution in [-0.4, -0.2) is 4.98 Å². The Labute approximate surface area is 110 Å². The summed E-state index contributed by atoms with van der Waals surface area (Å²) in [6.45, 7) is 4.35. The molecular weight excluding hydrogens is 218 g/mol. The lowest BCUT2D eigenvalue weighted by Gasteiger charge is -2.07. The number of unbranched alkanes of at least 4 members (excludes halogenated alkanes) is 4. The van der Waals surface area contributed by atoms with E-state index in [-0.39, 0.29) is 0 Å². The van der Waals surface area contributed by atoms with Gasteiger partial charge in [-0.1, -0.05) is 50.8 Å². The van der Waals surface area contributed by atoms with E-state index in [1.54, 1.807) is 0 Å². The number of hydrogen-bond donors (Lipinski definition) is 0. The van der Waals surface area contributed by atoms with Crippen LogP contribution in [0.1, 0.15) is 50.3 Å². The molecule has 0 saturated carbocycles. The van der Waals surface area contributed by atoms with E-state index in [1.165, 1.54) is 49.5 Å². The molecule has 0 fully saturated rings. The monoisotopic (exact) mass is 241 g/mol. The van der Waals surface area contributed by atoms with E-state index in [1.807, 2.05) is 0 Å². The lowest BCUT2D eigenvalue weighted by molar-refractivity contribution is 0.633. The molecule has 1 nitrogen and oxygen atoms in total. The number of aryl methyl sites for hydroxylation is 2. The van der Waals surface area contributed by atoms with Crippen LogP contribution in [-0.2, 0) is 6.42 Å². The third-order valence-corrected chi connectivity index (χ3v) is 3.48. The number of aromatic nitrogens is 1. The Bertz CT molecular complexity index is 502. The van der Waals surface area contributed by atoms with E-state index in [0.29, 0.717) is 0 Å². The molecule has 96 valence electrons. The van der Waals surface area contributed by atoms with Gasteiger partial charge in [0, 0.05) is 11.1 Å². The van der Waals surface area contributed by atoms with Crippen LogP contribution in [0.3, 0.4) is 0 Å². The number of rotatable bonds is 6. The van der Waals surface area contributed by atoms with Gasteiger partial charge in [-0.05, 0) is 37.5 Å². The van der Waals surface area contributed by atoms with Crippen LogP contribution in [0.2, 0.25) is 0 Å². The van der Waals surface area contributed by atoms with Gasteiger partial charge in [0.2, 0.25) is 0 Å². The highest BCUT2D eigenvalue weighted by molar-refractivity contribution is 5.82. The Morgan fingerprint density at radius 3 is 2.61 bits per heavy atom. The Morgan fingerprint density at radius 1 is 1.00 bits per heavy atom. The van der Waals surface area contributed by atoms with Gasteiger partial charge in [0.05, 0.1) is 5.52 Å². The number of fused-ring (bicyclic) bond motifs is 1. The zero-order valence-electron chi connectivity index (χ0n) is 11.6. The first-order chi connectivity index (χ1) is 8.81. The summed E-state index contributed by atoms with van der Waals surface area (Å²) >= 11 is 0. The van der Waals surface area contributed by atoms with Gasteiger partial charge in [-0.15, -0.1) is 0 Å². The Kier molecular flexibility index (Phi) is 4.74. The van der Waals surface area contributed by atoms with Crippen molar-refractivity contribution in [3.05, 3.63) is 41.6 Å². The molecule has 1 aromatic carbocycles. The van der Waals surface area contributed by atoms with Crippen LogP contribution >= 0.6 is 0 Å². The summed E-state index contributed by atoms with van der Waals surface area (Å²) in [7, 11) is 0. The molecule has 2 aromatic rings. The van der Waals surface area contributed by atoms with Crippen molar-refractivity contribution < 1.29 is 0 Å². The van der Waals surface area contributed by atoms with Crippen molar-refractivity contribution in [2.45, 2.75) is 52.4 Å². The van der Waals surface area contributed by atoms with Crippen molar-refractivity contribution in [1.82, 2.24) is 4.98 Å². The van der Waals surface area contributed by atoms with Gasteiger partial charge in [-0.3, -0.25) is 4.98 Å². The normalized spacial score (nSPS) is 11.0. The fraction of sp³-hybridized carbons (Fsp3) is 0.471. The molecule has 0 radical (unpaired) electrons. The number of nitrogens with zero attached hydrogens (tertiary/aromatic N) is 1. The van der Waals surface area contributed by atoms with Crippen LogP contribution in [0.15, 0.2) is 30.3 Å². The summed E-state index contributed by atoms with van der Waals surface area (Å²) in [6.07, 6.45) is 7.90. The summed E-state index contributed by atoms with van der Waals surface area (Å²) in [5, 5.41) is 1.33. The predicted molar refractivity (Wildman–Crippen MR) is 78.9 cm³/mol. The number of hydrogen-bond acceptors (Lipinski definition) is 1. The van der Waals surface area contributed by atoms with Crippen LogP contribution in [0, 0.1) is 6.92 Å². The minimum atomic E-state index is 1.14. The molecular formula is C17H23N. The zero-order chi connectivity index (χ0) is 12.8. The maximum absolute atomic E-state index is 4.59. The highest BCUT2D eigenvalue weighted by Gasteiger charge is 2.03. The van der Waals surface area contributed by atoms with Crippen LogP contribution in [0.5, 0.6) is 0 Å². The molecule has 2 rings (SSSR count). The van der Waals surface area contributed by atoms with Gasteiger partial charge in [0.25, 0.3) is 0 Å².